The number of Topliss-reactive ketones (excluding diaryl/α,β-unsaturated/α-hetero) is 1. The first-order valence-electron chi connectivity index (χ1n) is 6.72. The number of hydrogen-bond acceptors (Lipinski definition) is 3. The minimum Gasteiger partial charge on any atom is -0.298 e. The van der Waals surface area contributed by atoms with Gasteiger partial charge in [-0.25, -0.2) is 0 Å². The fourth-order valence-electron chi connectivity index (χ4n) is 2.34. The first kappa shape index (κ1) is 15.1. The number of rotatable bonds is 4. The molecule has 0 spiro atoms. The molecule has 2 atom stereocenters. The van der Waals surface area contributed by atoms with Gasteiger partial charge in [0, 0.05) is 46.6 Å². The van der Waals surface area contributed by atoms with Gasteiger partial charge in [-0.15, -0.1) is 0 Å². The second-order valence-electron chi connectivity index (χ2n) is 5.03. The molecular formula is C15H20BrNOS. The molecule has 1 fully saturated rings. The van der Waals surface area contributed by atoms with Crippen LogP contribution >= 0.6 is 27.7 Å². The summed E-state index contributed by atoms with van der Waals surface area (Å²) in [4.78, 5) is 14.6. The van der Waals surface area contributed by atoms with Crippen molar-refractivity contribution in [2.45, 2.75) is 31.6 Å². The highest BCUT2D eigenvalue weighted by Crippen LogP contribution is 2.24. The Morgan fingerprint density at radius 3 is 2.74 bits per heavy atom. The lowest BCUT2D eigenvalue weighted by atomic mass is 10.1. The van der Waals surface area contributed by atoms with E-state index in [1.165, 1.54) is 5.75 Å². The van der Waals surface area contributed by atoms with Gasteiger partial charge in [0.25, 0.3) is 0 Å². The Balaban J connectivity index is 1.88. The van der Waals surface area contributed by atoms with Gasteiger partial charge in [0.2, 0.25) is 0 Å². The summed E-state index contributed by atoms with van der Waals surface area (Å²) in [5, 5.41) is 0.663. The Hall–Kier alpha value is -0.320. The first-order chi connectivity index (χ1) is 9.08. The van der Waals surface area contributed by atoms with Crippen molar-refractivity contribution in [3.8, 4) is 0 Å². The van der Waals surface area contributed by atoms with Crippen molar-refractivity contribution in [2.24, 2.45) is 0 Å². The Morgan fingerprint density at radius 1 is 1.37 bits per heavy atom. The first-order valence-corrected chi connectivity index (χ1v) is 8.56. The number of nitrogens with zero attached hydrogens (tertiary/aromatic N) is 1. The van der Waals surface area contributed by atoms with E-state index in [9.17, 15) is 4.79 Å². The highest BCUT2D eigenvalue weighted by Gasteiger charge is 2.25. The smallest absolute Gasteiger partial charge is 0.164 e. The number of benzene rings is 1. The predicted molar refractivity (Wildman–Crippen MR) is 86.0 cm³/mol. The average Bonchev–Trinajstić information content (AvgIpc) is 2.41. The third kappa shape index (κ3) is 4.07. The van der Waals surface area contributed by atoms with Crippen LogP contribution in [-0.2, 0) is 0 Å². The van der Waals surface area contributed by atoms with Crippen LogP contribution in [0.3, 0.4) is 0 Å². The van der Waals surface area contributed by atoms with Gasteiger partial charge in [-0.1, -0.05) is 35.0 Å². The maximum atomic E-state index is 12.1. The molecule has 1 aliphatic heterocycles. The number of hydrogen-bond donors (Lipinski definition) is 0. The molecule has 2 unspecified atom stereocenters. The largest absolute Gasteiger partial charge is 0.298 e. The van der Waals surface area contributed by atoms with Gasteiger partial charge in [-0.3, -0.25) is 9.69 Å². The van der Waals surface area contributed by atoms with Crippen molar-refractivity contribution in [3.05, 3.63) is 34.3 Å². The number of halogens is 1. The van der Waals surface area contributed by atoms with Gasteiger partial charge in [-0.05, 0) is 19.1 Å². The quantitative estimate of drug-likeness (QED) is 0.776. The van der Waals surface area contributed by atoms with E-state index in [-0.39, 0.29) is 5.78 Å². The molecule has 0 aromatic heterocycles. The van der Waals surface area contributed by atoms with E-state index in [1.54, 1.807) is 0 Å². The number of carbonyl (C=O) groups excluding carboxylic acids is 1. The zero-order valence-corrected chi connectivity index (χ0v) is 13.8. The zero-order valence-electron chi connectivity index (χ0n) is 11.4. The van der Waals surface area contributed by atoms with E-state index in [2.05, 4.69) is 34.7 Å². The molecule has 1 heterocycles. The molecule has 0 saturated carbocycles. The average molecular weight is 342 g/mol. The van der Waals surface area contributed by atoms with Crippen LogP contribution in [0.15, 0.2) is 28.7 Å². The van der Waals surface area contributed by atoms with Crippen LogP contribution in [-0.4, -0.2) is 40.8 Å². The monoisotopic (exact) mass is 341 g/mol. The summed E-state index contributed by atoms with van der Waals surface area (Å²) in [6, 6.07) is 8.21. The van der Waals surface area contributed by atoms with Crippen LogP contribution in [0, 0.1) is 0 Å². The summed E-state index contributed by atoms with van der Waals surface area (Å²) in [7, 11) is 0. The molecule has 4 heteroatoms. The second-order valence-corrected chi connectivity index (χ2v) is 7.43. The van der Waals surface area contributed by atoms with Crippen molar-refractivity contribution < 1.29 is 4.79 Å². The summed E-state index contributed by atoms with van der Waals surface area (Å²) >= 11 is 5.42. The second kappa shape index (κ2) is 6.91. The molecule has 19 heavy (non-hydrogen) atoms. The molecule has 0 aliphatic carbocycles. The van der Waals surface area contributed by atoms with Crippen LogP contribution < -0.4 is 0 Å². The van der Waals surface area contributed by atoms with Gasteiger partial charge in [0.05, 0.1) is 0 Å². The van der Waals surface area contributed by atoms with E-state index in [0.717, 1.165) is 23.1 Å². The molecule has 0 radical (unpaired) electrons. The Kier molecular flexibility index (Phi) is 5.48. The zero-order chi connectivity index (χ0) is 13.8. The van der Waals surface area contributed by atoms with E-state index in [1.807, 2.05) is 36.0 Å². The van der Waals surface area contributed by atoms with E-state index < -0.39 is 0 Å². The fraction of sp³-hybridized carbons (Fsp3) is 0.533. The molecular weight excluding hydrogens is 322 g/mol. The van der Waals surface area contributed by atoms with Crippen molar-refractivity contribution in [1.82, 2.24) is 4.90 Å². The van der Waals surface area contributed by atoms with Crippen molar-refractivity contribution in [3.63, 3.8) is 0 Å². The van der Waals surface area contributed by atoms with Crippen LogP contribution in [0.2, 0.25) is 0 Å². The van der Waals surface area contributed by atoms with Gasteiger partial charge < -0.3 is 0 Å². The molecule has 0 N–H and O–H groups in total. The molecule has 2 rings (SSSR count). The van der Waals surface area contributed by atoms with E-state index in [0.29, 0.717) is 17.7 Å². The Labute approximate surface area is 128 Å². The topological polar surface area (TPSA) is 20.3 Å². The third-order valence-corrected chi connectivity index (χ3v) is 5.67. The molecule has 1 aromatic rings. The van der Waals surface area contributed by atoms with Crippen LogP contribution in [0.5, 0.6) is 0 Å². The van der Waals surface area contributed by atoms with Gasteiger partial charge >= 0.3 is 0 Å². The minimum atomic E-state index is 0.241. The van der Waals surface area contributed by atoms with Crippen molar-refractivity contribution in [2.75, 3.05) is 18.8 Å². The number of ketones is 1. The highest BCUT2D eigenvalue weighted by atomic mass is 79.9. The lowest BCUT2D eigenvalue weighted by molar-refractivity contribution is 0.0954. The van der Waals surface area contributed by atoms with Crippen molar-refractivity contribution in [1.29, 1.82) is 0 Å². The summed E-state index contributed by atoms with van der Waals surface area (Å²) in [5.41, 5.74) is 0.815. The highest BCUT2D eigenvalue weighted by molar-refractivity contribution is 9.10. The fourth-order valence-corrected chi connectivity index (χ4v) is 3.76. The Morgan fingerprint density at radius 2 is 2.05 bits per heavy atom. The predicted octanol–water partition coefficient (Wildman–Crippen LogP) is 3.85. The Bertz CT molecular complexity index is 434. The van der Waals surface area contributed by atoms with Crippen LogP contribution in [0.4, 0.5) is 0 Å². The van der Waals surface area contributed by atoms with Crippen LogP contribution in [0.1, 0.15) is 30.6 Å². The maximum absolute atomic E-state index is 12.1. The molecule has 1 aliphatic rings. The lowest BCUT2D eigenvalue weighted by Crippen LogP contribution is -2.45. The summed E-state index contributed by atoms with van der Waals surface area (Å²) in [5.74, 6) is 1.42. The number of thioether (sulfide) groups is 1. The molecule has 0 bridgehead atoms. The SMILES string of the molecule is CC1SCCN(CCC(=O)c2ccc(Br)cc2)C1C. The minimum absolute atomic E-state index is 0.241. The maximum Gasteiger partial charge on any atom is 0.164 e. The standard InChI is InChI=1S/C15H20BrNOS/c1-11-12(2)19-10-9-17(11)8-7-15(18)13-3-5-14(16)6-4-13/h3-6,11-12H,7-10H2,1-2H3. The van der Waals surface area contributed by atoms with Gasteiger partial charge in [0.1, 0.15) is 0 Å². The van der Waals surface area contributed by atoms with E-state index in [4.69, 9.17) is 0 Å². The summed E-state index contributed by atoms with van der Waals surface area (Å²) < 4.78 is 1.01. The lowest BCUT2D eigenvalue weighted by Gasteiger charge is -2.37. The summed E-state index contributed by atoms with van der Waals surface area (Å²) in [6.07, 6.45) is 0.614. The third-order valence-electron chi connectivity index (χ3n) is 3.81. The van der Waals surface area contributed by atoms with Gasteiger partial charge in [0.15, 0.2) is 5.78 Å². The van der Waals surface area contributed by atoms with E-state index >= 15 is 0 Å². The van der Waals surface area contributed by atoms with Gasteiger partial charge in [-0.2, -0.15) is 11.8 Å². The molecule has 1 aromatic carbocycles. The summed E-state index contributed by atoms with van der Waals surface area (Å²) in [6.45, 7) is 6.52. The van der Waals surface area contributed by atoms with Crippen molar-refractivity contribution >= 4 is 33.5 Å². The molecule has 1 saturated heterocycles. The number of carbonyl (C=O) groups is 1. The molecule has 2 nitrogen and oxygen atoms in total. The molecule has 0 amide bonds. The normalized spacial score (nSPS) is 24.4. The molecule has 104 valence electrons. The van der Waals surface area contributed by atoms with Crippen LogP contribution in [0.25, 0.3) is 0 Å².